The third-order valence-corrected chi connectivity index (χ3v) is 7.56. The van der Waals surface area contributed by atoms with E-state index in [1.807, 2.05) is 31.2 Å². The molecule has 3 aromatic heterocycles. The third kappa shape index (κ3) is 3.58. The van der Waals surface area contributed by atoms with Gasteiger partial charge in [0.15, 0.2) is 15.5 Å². The number of sulfone groups is 1. The van der Waals surface area contributed by atoms with Crippen molar-refractivity contribution >= 4 is 26.8 Å². The Kier molecular flexibility index (Phi) is 4.57. The summed E-state index contributed by atoms with van der Waals surface area (Å²) in [5.41, 5.74) is 3.51. The average molecular weight is 426 g/mol. The first-order valence-electron chi connectivity index (χ1n) is 10.2. The van der Waals surface area contributed by atoms with E-state index in [9.17, 15) is 13.2 Å². The lowest BCUT2D eigenvalue weighted by atomic mass is 10.1. The Balaban J connectivity index is 1.55. The maximum atomic E-state index is 13.1. The summed E-state index contributed by atoms with van der Waals surface area (Å²) in [6.45, 7) is 2.17. The highest BCUT2D eigenvalue weighted by molar-refractivity contribution is 7.91. The van der Waals surface area contributed by atoms with Crippen LogP contribution in [0.3, 0.4) is 0 Å². The quantitative estimate of drug-likeness (QED) is 0.672. The molecule has 0 bridgehead atoms. The molecule has 5 rings (SSSR count). The molecule has 1 saturated carbocycles. The van der Waals surface area contributed by atoms with Gasteiger partial charge in [-0.25, -0.2) is 18.1 Å². The lowest BCUT2D eigenvalue weighted by Crippen LogP contribution is -2.24. The number of fused-ring (bicyclic) bond motifs is 1. The highest BCUT2D eigenvalue weighted by Gasteiger charge is 2.34. The Morgan fingerprint density at radius 2 is 2.10 bits per heavy atom. The Bertz CT molecular complexity index is 1230. The van der Waals surface area contributed by atoms with E-state index in [1.165, 1.54) is 0 Å². The molecular formula is C21H23N5O3S. The highest BCUT2D eigenvalue weighted by atomic mass is 32.2. The van der Waals surface area contributed by atoms with Gasteiger partial charge >= 0.3 is 0 Å². The summed E-state index contributed by atoms with van der Waals surface area (Å²) < 4.78 is 25.7. The van der Waals surface area contributed by atoms with Gasteiger partial charge in [-0.1, -0.05) is 6.07 Å². The number of nitrogens with one attached hydrogen (secondary N) is 1. The van der Waals surface area contributed by atoms with Gasteiger partial charge in [-0.15, -0.1) is 0 Å². The Labute approximate surface area is 174 Å². The van der Waals surface area contributed by atoms with E-state index in [4.69, 9.17) is 4.98 Å². The highest BCUT2D eigenvalue weighted by Crippen LogP contribution is 2.41. The minimum atomic E-state index is -3.06. The first kappa shape index (κ1) is 19.2. The van der Waals surface area contributed by atoms with Gasteiger partial charge in [0.1, 0.15) is 0 Å². The molecule has 0 radical (unpaired) electrons. The smallest absolute Gasteiger partial charge is 0.252 e. The van der Waals surface area contributed by atoms with Gasteiger partial charge in [-0.05, 0) is 44.4 Å². The van der Waals surface area contributed by atoms with Crippen LogP contribution in [0.2, 0.25) is 0 Å². The predicted molar refractivity (Wildman–Crippen MR) is 112 cm³/mol. The van der Waals surface area contributed by atoms with E-state index >= 15 is 0 Å². The molecule has 0 aromatic carbocycles. The molecule has 2 aliphatic rings. The van der Waals surface area contributed by atoms with Crippen LogP contribution in [0.5, 0.6) is 0 Å². The second kappa shape index (κ2) is 7.16. The summed E-state index contributed by atoms with van der Waals surface area (Å²) in [5.74, 6) is 0.391. The van der Waals surface area contributed by atoms with Crippen molar-refractivity contribution in [1.29, 1.82) is 0 Å². The molecule has 8 nitrogen and oxygen atoms in total. The van der Waals surface area contributed by atoms with Gasteiger partial charge in [0.2, 0.25) is 0 Å². The van der Waals surface area contributed by atoms with Crippen molar-refractivity contribution in [1.82, 2.24) is 25.1 Å². The molecule has 1 aliphatic heterocycles. The molecule has 9 heteroatoms. The number of carbonyl (C=O) groups is 1. The maximum Gasteiger partial charge on any atom is 0.252 e. The van der Waals surface area contributed by atoms with Gasteiger partial charge in [0.25, 0.3) is 5.91 Å². The third-order valence-electron chi connectivity index (χ3n) is 5.81. The van der Waals surface area contributed by atoms with E-state index in [2.05, 4.69) is 15.4 Å². The van der Waals surface area contributed by atoms with Crippen molar-refractivity contribution in [3.8, 4) is 0 Å². The van der Waals surface area contributed by atoms with E-state index in [0.29, 0.717) is 41.2 Å². The first-order valence-corrected chi connectivity index (χ1v) is 12.0. The minimum Gasteiger partial charge on any atom is -0.346 e. The molecule has 1 atom stereocenters. The zero-order valence-corrected chi connectivity index (χ0v) is 17.5. The topological polar surface area (TPSA) is 107 Å². The summed E-state index contributed by atoms with van der Waals surface area (Å²) in [6.07, 6.45) is 4.33. The molecule has 0 spiro atoms. The molecule has 1 saturated heterocycles. The van der Waals surface area contributed by atoms with Crippen LogP contribution in [0.4, 0.5) is 0 Å². The van der Waals surface area contributed by atoms with Crippen molar-refractivity contribution in [2.45, 2.75) is 44.7 Å². The summed E-state index contributed by atoms with van der Waals surface area (Å²) in [5, 5.41) is 8.26. The monoisotopic (exact) mass is 425 g/mol. The number of pyridine rings is 2. The molecule has 30 heavy (non-hydrogen) atoms. The van der Waals surface area contributed by atoms with Gasteiger partial charge in [-0.3, -0.25) is 9.78 Å². The van der Waals surface area contributed by atoms with E-state index in [0.717, 1.165) is 24.2 Å². The number of rotatable bonds is 5. The minimum absolute atomic E-state index is 0.0692. The van der Waals surface area contributed by atoms with E-state index in [1.54, 1.807) is 10.9 Å². The molecule has 3 aromatic rings. The van der Waals surface area contributed by atoms with Crippen molar-refractivity contribution < 1.29 is 13.2 Å². The van der Waals surface area contributed by atoms with Crippen LogP contribution in [0, 0.1) is 6.92 Å². The molecule has 156 valence electrons. The van der Waals surface area contributed by atoms with Crippen LogP contribution in [0.15, 0.2) is 30.5 Å². The van der Waals surface area contributed by atoms with Gasteiger partial charge in [0, 0.05) is 17.8 Å². The molecule has 1 aliphatic carbocycles. The number of aromatic nitrogens is 4. The van der Waals surface area contributed by atoms with Crippen molar-refractivity contribution in [3.63, 3.8) is 0 Å². The number of aryl methyl sites for hydroxylation is 1. The largest absolute Gasteiger partial charge is 0.346 e. The SMILES string of the molecule is Cc1nn([C@H]2CCS(=O)(=O)C2)c2nc(C3CC3)cc(C(=O)NCc3ccccn3)c12. The maximum absolute atomic E-state index is 13.1. The van der Waals surface area contributed by atoms with Gasteiger partial charge < -0.3 is 5.32 Å². The van der Waals surface area contributed by atoms with Gasteiger partial charge in [0.05, 0.1) is 46.4 Å². The summed E-state index contributed by atoms with van der Waals surface area (Å²) >= 11 is 0. The zero-order chi connectivity index (χ0) is 20.9. The lowest BCUT2D eigenvalue weighted by molar-refractivity contribution is 0.0952. The van der Waals surface area contributed by atoms with Crippen molar-refractivity contribution in [3.05, 3.63) is 53.1 Å². The van der Waals surface area contributed by atoms with E-state index < -0.39 is 9.84 Å². The van der Waals surface area contributed by atoms with Crippen LogP contribution in [-0.2, 0) is 16.4 Å². The fourth-order valence-electron chi connectivity index (χ4n) is 4.09. The number of hydrogen-bond donors (Lipinski definition) is 1. The van der Waals surface area contributed by atoms with Crippen LogP contribution in [0.1, 0.15) is 58.7 Å². The number of amides is 1. The van der Waals surface area contributed by atoms with Crippen LogP contribution in [0.25, 0.3) is 11.0 Å². The fourth-order valence-corrected chi connectivity index (χ4v) is 5.78. The predicted octanol–water partition coefficient (Wildman–Crippen LogP) is 2.30. The average Bonchev–Trinajstić information content (AvgIpc) is 3.45. The van der Waals surface area contributed by atoms with E-state index in [-0.39, 0.29) is 23.5 Å². The summed E-state index contributed by atoms with van der Waals surface area (Å²) in [7, 11) is -3.06. The van der Waals surface area contributed by atoms with Crippen LogP contribution < -0.4 is 5.32 Å². The van der Waals surface area contributed by atoms with Crippen molar-refractivity contribution in [2.75, 3.05) is 11.5 Å². The standard InChI is InChI=1S/C21H23N5O3S/c1-13-19-17(21(27)23-11-15-4-2-3-8-22-15)10-18(14-5-6-14)24-20(19)26(25-13)16-7-9-30(28,29)12-16/h2-4,8,10,14,16H,5-7,9,11-12H2,1H3,(H,23,27)/t16-/m0/s1. The normalized spacial score (nSPS) is 20.5. The number of nitrogens with zero attached hydrogens (tertiary/aromatic N) is 4. The number of hydrogen-bond acceptors (Lipinski definition) is 6. The first-order chi connectivity index (χ1) is 14.4. The molecule has 1 N–H and O–H groups in total. The Morgan fingerprint density at radius 3 is 2.77 bits per heavy atom. The Hall–Kier alpha value is -2.81. The Morgan fingerprint density at radius 1 is 1.27 bits per heavy atom. The van der Waals surface area contributed by atoms with Crippen LogP contribution >= 0.6 is 0 Å². The molecule has 2 fully saturated rings. The summed E-state index contributed by atoms with van der Waals surface area (Å²) in [6, 6.07) is 7.21. The second-order valence-electron chi connectivity index (χ2n) is 8.16. The summed E-state index contributed by atoms with van der Waals surface area (Å²) in [4.78, 5) is 22.2. The fraction of sp³-hybridized carbons (Fsp3) is 0.429. The van der Waals surface area contributed by atoms with Crippen LogP contribution in [-0.4, -0.2) is 45.6 Å². The number of carbonyl (C=O) groups excluding carboxylic acids is 1. The zero-order valence-electron chi connectivity index (χ0n) is 16.7. The molecule has 0 unspecified atom stereocenters. The molecule has 4 heterocycles. The van der Waals surface area contributed by atoms with Crippen molar-refractivity contribution in [2.24, 2.45) is 0 Å². The molecular weight excluding hydrogens is 402 g/mol. The second-order valence-corrected chi connectivity index (χ2v) is 10.4. The lowest BCUT2D eigenvalue weighted by Gasteiger charge is -2.12. The molecule has 1 amide bonds. The van der Waals surface area contributed by atoms with Gasteiger partial charge in [-0.2, -0.15) is 5.10 Å².